The van der Waals surface area contributed by atoms with Crippen molar-refractivity contribution >= 4 is 33.7 Å². The second kappa shape index (κ2) is 6.13. The molecule has 0 aliphatic rings. The zero-order chi connectivity index (χ0) is 16.4. The first-order valence-corrected chi connectivity index (χ1v) is 7.45. The van der Waals surface area contributed by atoms with E-state index in [0.717, 1.165) is 17.1 Å². The lowest BCUT2D eigenvalue weighted by Crippen LogP contribution is -2.13. The fourth-order valence-electron chi connectivity index (χ4n) is 2.39. The summed E-state index contributed by atoms with van der Waals surface area (Å²) in [7, 11) is 2.53. The van der Waals surface area contributed by atoms with E-state index in [1.165, 1.54) is 20.3 Å². The van der Waals surface area contributed by atoms with Gasteiger partial charge in [0.15, 0.2) is 0 Å². The number of hydrogen-bond donors (Lipinski definition) is 0. The summed E-state index contributed by atoms with van der Waals surface area (Å²) in [5, 5.41) is 4.02. The van der Waals surface area contributed by atoms with Crippen LogP contribution in [0, 0.1) is 0 Å². The molecule has 0 spiro atoms. The van der Waals surface area contributed by atoms with Crippen LogP contribution in [0.2, 0.25) is 0 Å². The predicted molar refractivity (Wildman–Crippen MR) is 85.5 cm³/mol. The summed E-state index contributed by atoms with van der Waals surface area (Å²) in [6.07, 6.45) is 0. The Morgan fingerprint density at radius 3 is 2.39 bits per heavy atom. The summed E-state index contributed by atoms with van der Waals surface area (Å²) in [6, 6.07) is 10.8. The molecule has 0 radical (unpaired) electrons. The van der Waals surface area contributed by atoms with Crippen LogP contribution >= 0.6 is 11.5 Å². The molecule has 0 amide bonds. The summed E-state index contributed by atoms with van der Waals surface area (Å²) in [4.78, 5) is 24.5. The van der Waals surface area contributed by atoms with Crippen molar-refractivity contribution in [1.29, 1.82) is 0 Å². The molecule has 0 bridgehead atoms. The number of rotatable bonds is 3. The topological polar surface area (TPSA) is 78.4 Å². The number of fused-ring (bicyclic) bond motifs is 1. The zero-order valence-corrected chi connectivity index (χ0v) is 13.2. The van der Waals surface area contributed by atoms with Crippen molar-refractivity contribution < 1.29 is 19.1 Å². The Bertz CT molecular complexity index is 890. The van der Waals surface area contributed by atoms with Gasteiger partial charge in [-0.3, -0.25) is 0 Å². The van der Waals surface area contributed by atoms with Crippen LogP contribution in [0.3, 0.4) is 0 Å². The number of benzene rings is 2. The Balaban J connectivity index is 2.45. The maximum absolute atomic E-state index is 12.3. The summed E-state index contributed by atoms with van der Waals surface area (Å²) in [5.41, 5.74) is 2.14. The highest BCUT2D eigenvalue weighted by atomic mass is 32.1. The van der Waals surface area contributed by atoms with Gasteiger partial charge in [0.1, 0.15) is 5.52 Å². The SMILES string of the molecule is COC(=O)c1cc2nnsc2c(-c2ccccc2)c1C(=O)OC. The molecule has 0 fully saturated rings. The molecule has 23 heavy (non-hydrogen) atoms. The monoisotopic (exact) mass is 328 g/mol. The van der Waals surface area contributed by atoms with Crippen LogP contribution < -0.4 is 0 Å². The summed E-state index contributed by atoms with van der Waals surface area (Å²) in [6.45, 7) is 0. The highest BCUT2D eigenvalue weighted by Gasteiger charge is 2.27. The number of ether oxygens (including phenoxy) is 2. The molecule has 3 aromatic rings. The van der Waals surface area contributed by atoms with Crippen LogP contribution in [0.4, 0.5) is 0 Å². The number of aromatic nitrogens is 2. The second-order valence-electron chi connectivity index (χ2n) is 4.64. The number of methoxy groups -OCH3 is 2. The maximum Gasteiger partial charge on any atom is 0.339 e. The predicted octanol–water partition coefficient (Wildman–Crippen LogP) is 2.93. The first-order chi connectivity index (χ1) is 11.2. The van der Waals surface area contributed by atoms with E-state index in [2.05, 4.69) is 9.59 Å². The van der Waals surface area contributed by atoms with Crippen molar-refractivity contribution in [2.75, 3.05) is 14.2 Å². The molecule has 0 atom stereocenters. The standard InChI is InChI=1S/C16H12N2O4S/c1-21-15(19)10-8-11-14(23-18-17-11)12(13(10)16(20)22-2)9-6-4-3-5-7-9/h3-8H,1-2H3. The van der Waals surface area contributed by atoms with Gasteiger partial charge in [-0.2, -0.15) is 0 Å². The highest BCUT2D eigenvalue weighted by molar-refractivity contribution is 7.13. The van der Waals surface area contributed by atoms with E-state index in [-0.39, 0.29) is 11.1 Å². The van der Waals surface area contributed by atoms with Gasteiger partial charge in [0, 0.05) is 5.56 Å². The van der Waals surface area contributed by atoms with Crippen molar-refractivity contribution in [3.63, 3.8) is 0 Å². The van der Waals surface area contributed by atoms with Gasteiger partial charge < -0.3 is 9.47 Å². The average Bonchev–Trinajstić information content (AvgIpc) is 3.07. The minimum atomic E-state index is -0.627. The maximum atomic E-state index is 12.3. The van der Waals surface area contributed by atoms with Gasteiger partial charge in [-0.15, -0.1) is 5.10 Å². The van der Waals surface area contributed by atoms with E-state index >= 15 is 0 Å². The molecule has 0 unspecified atom stereocenters. The Morgan fingerprint density at radius 1 is 1.04 bits per heavy atom. The van der Waals surface area contributed by atoms with E-state index in [1.54, 1.807) is 0 Å². The Morgan fingerprint density at radius 2 is 1.74 bits per heavy atom. The smallest absolute Gasteiger partial charge is 0.339 e. The van der Waals surface area contributed by atoms with E-state index in [0.29, 0.717) is 15.8 Å². The quantitative estimate of drug-likeness (QED) is 0.688. The first-order valence-electron chi connectivity index (χ1n) is 6.68. The van der Waals surface area contributed by atoms with Gasteiger partial charge >= 0.3 is 11.9 Å². The molecule has 0 aliphatic carbocycles. The molecule has 7 heteroatoms. The molecule has 2 aromatic carbocycles. The van der Waals surface area contributed by atoms with E-state index < -0.39 is 11.9 Å². The molecular weight excluding hydrogens is 316 g/mol. The van der Waals surface area contributed by atoms with Gasteiger partial charge in [-0.05, 0) is 23.2 Å². The molecule has 1 heterocycles. The molecule has 0 saturated heterocycles. The number of carbonyl (C=O) groups excluding carboxylic acids is 2. The van der Waals surface area contributed by atoms with Crippen LogP contribution in [0.15, 0.2) is 36.4 Å². The third kappa shape index (κ3) is 2.55. The van der Waals surface area contributed by atoms with Gasteiger partial charge in [-0.1, -0.05) is 34.8 Å². The molecule has 116 valence electrons. The first kappa shape index (κ1) is 15.1. The van der Waals surface area contributed by atoms with Gasteiger partial charge in [0.05, 0.1) is 30.0 Å². The number of nitrogens with zero attached hydrogens (tertiary/aromatic N) is 2. The number of esters is 2. The fourth-order valence-corrected chi connectivity index (χ4v) is 3.10. The van der Waals surface area contributed by atoms with Crippen molar-refractivity contribution in [1.82, 2.24) is 9.59 Å². The van der Waals surface area contributed by atoms with Crippen LogP contribution in [-0.4, -0.2) is 35.7 Å². The molecule has 0 aliphatic heterocycles. The van der Waals surface area contributed by atoms with E-state index in [1.807, 2.05) is 30.3 Å². The lowest BCUT2D eigenvalue weighted by atomic mass is 9.94. The molecule has 1 aromatic heterocycles. The summed E-state index contributed by atoms with van der Waals surface area (Å²) < 4.78 is 14.3. The van der Waals surface area contributed by atoms with E-state index in [9.17, 15) is 9.59 Å². The van der Waals surface area contributed by atoms with E-state index in [4.69, 9.17) is 9.47 Å². The van der Waals surface area contributed by atoms with Crippen molar-refractivity contribution in [2.45, 2.75) is 0 Å². The fraction of sp³-hybridized carbons (Fsp3) is 0.125. The van der Waals surface area contributed by atoms with Crippen LogP contribution in [0.25, 0.3) is 21.3 Å². The van der Waals surface area contributed by atoms with Gasteiger partial charge in [0.2, 0.25) is 0 Å². The molecule has 0 N–H and O–H groups in total. The van der Waals surface area contributed by atoms with Gasteiger partial charge in [-0.25, -0.2) is 9.59 Å². The van der Waals surface area contributed by atoms with Crippen LogP contribution in [0.5, 0.6) is 0 Å². The Labute approximate surface area is 135 Å². The summed E-state index contributed by atoms with van der Waals surface area (Å²) in [5.74, 6) is -1.24. The molecular formula is C16H12N2O4S. The zero-order valence-electron chi connectivity index (χ0n) is 12.4. The van der Waals surface area contributed by atoms with Crippen LogP contribution in [-0.2, 0) is 9.47 Å². The Hall–Kier alpha value is -2.80. The lowest BCUT2D eigenvalue weighted by molar-refractivity contribution is 0.0556. The minimum Gasteiger partial charge on any atom is -0.465 e. The summed E-state index contributed by atoms with van der Waals surface area (Å²) >= 11 is 1.16. The van der Waals surface area contributed by atoms with Crippen LogP contribution in [0.1, 0.15) is 20.7 Å². The largest absolute Gasteiger partial charge is 0.465 e. The minimum absolute atomic E-state index is 0.110. The normalized spacial score (nSPS) is 10.5. The molecule has 6 nitrogen and oxygen atoms in total. The molecule has 0 saturated carbocycles. The third-order valence-corrected chi connectivity index (χ3v) is 4.16. The molecule has 3 rings (SSSR count). The number of hydrogen-bond acceptors (Lipinski definition) is 7. The average molecular weight is 328 g/mol. The number of carbonyl (C=O) groups is 2. The lowest BCUT2D eigenvalue weighted by Gasteiger charge is -2.13. The van der Waals surface area contributed by atoms with Crippen molar-refractivity contribution in [3.8, 4) is 11.1 Å². The van der Waals surface area contributed by atoms with Crippen molar-refractivity contribution in [3.05, 3.63) is 47.5 Å². The van der Waals surface area contributed by atoms with Crippen molar-refractivity contribution in [2.24, 2.45) is 0 Å². The second-order valence-corrected chi connectivity index (χ2v) is 5.40. The van der Waals surface area contributed by atoms with Gasteiger partial charge in [0.25, 0.3) is 0 Å². The Kier molecular flexibility index (Phi) is 4.03. The highest BCUT2D eigenvalue weighted by Crippen LogP contribution is 2.36. The third-order valence-electron chi connectivity index (χ3n) is 3.40.